The number of aromatic nitrogens is 3. The fourth-order valence-corrected chi connectivity index (χ4v) is 4.85. The normalized spacial score (nSPS) is 17.2. The van der Waals surface area contributed by atoms with E-state index in [2.05, 4.69) is 21.9 Å². The molecule has 1 aromatic carbocycles. The lowest BCUT2D eigenvalue weighted by Gasteiger charge is -2.36. The molecule has 1 fully saturated rings. The molecule has 0 saturated carbocycles. The molecule has 9 heteroatoms. The third-order valence-corrected chi connectivity index (χ3v) is 6.48. The van der Waals surface area contributed by atoms with Gasteiger partial charge < -0.3 is 5.11 Å². The van der Waals surface area contributed by atoms with Crippen LogP contribution in [0.25, 0.3) is 4.96 Å². The van der Waals surface area contributed by atoms with Crippen LogP contribution in [0.15, 0.2) is 24.3 Å². The first-order chi connectivity index (χ1) is 13.5. The largest absolute Gasteiger partial charge is 0.492 e. The Labute approximate surface area is 166 Å². The molecule has 2 aromatic heterocycles. The molecular weight excluding hydrogens is 378 g/mol. The predicted octanol–water partition coefficient (Wildman–Crippen LogP) is 3.79. The van der Waals surface area contributed by atoms with Gasteiger partial charge in [0.1, 0.15) is 0 Å². The van der Waals surface area contributed by atoms with Crippen LogP contribution in [0.5, 0.6) is 5.88 Å². The predicted molar refractivity (Wildman–Crippen MR) is 107 cm³/mol. The van der Waals surface area contributed by atoms with E-state index in [1.807, 2.05) is 6.92 Å². The number of nitrogens with zero attached hydrogens (tertiary/aromatic N) is 5. The molecule has 3 aromatic rings. The van der Waals surface area contributed by atoms with E-state index in [-0.39, 0.29) is 17.6 Å². The minimum absolute atomic E-state index is 0.0641. The first-order valence-corrected chi connectivity index (χ1v) is 10.3. The summed E-state index contributed by atoms with van der Waals surface area (Å²) in [6, 6.07) is 6.45. The van der Waals surface area contributed by atoms with Crippen molar-refractivity contribution < 1.29 is 10.0 Å². The Morgan fingerprint density at radius 2 is 2.00 bits per heavy atom. The summed E-state index contributed by atoms with van der Waals surface area (Å²) < 4.78 is 1.50. The number of hydrogen-bond acceptors (Lipinski definition) is 7. The maximum Gasteiger partial charge on any atom is 0.269 e. The number of aromatic hydroxyl groups is 1. The van der Waals surface area contributed by atoms with Gasteiger partial charge in [0.05, 0.1) is 15.8 Å². The van der Waals surface area contributed by atoms with Crippen LogP contribution in [-0.2, 0) is 6.42 Å². The van der Waals surface area contributed by atoms with Crippen LogP contribution in [0.2, 0.25) is 0 Å². The van der Waals surface area contributed by atoms with Crippen LogP contribution in [-0.4, -0.2) is 42.6 Å². The molecule has 1 aliphatic rings. The van der Waals surface area contributed by atoms with E-state index in [9.17, 15) is 15.2 Å². The van der Waals surface area contributed by atoms with E-state index < -0.39 is 4.92 Å². The minimum atomic E-state index is -0.395. The van der Waals surface area contributed by atoms with Gasteiger partial charge in [0.25, 0.3) is 5.69 Å². The van der Waals surface area contributed by atoms with Gasteiger partial charge in [-0.25, -0.2) is 4.98 Å². The number of non-ortho nitro benzene ring substituents is 1. The molecule has 28 heavy (non-hydrogen) atoms. The van der Waals surface area contributed by atoms with Crippen LogP contribution in [0.4, 0.5) is 5.69 Å². The number of thiazole rings is 1. The molecule has 0 radical (unpaired) electrons. The number of piperidine rings is 1. The number of nitro groups is 1. The lowest BCUT2D eigenvalue weighted by atomic mass is 9.95. The topological polar surface area (TPSA) is 96.8 Å². The Morgan fingerprint density at radius 1 is 1.32 bits per heavy atom. The molecule has 1 saturated heterocycles. The number of likely N-dealkylation sites (tertiary alicyclic amines) is 1. The Balaban J connectivity index is 1.77. The molecule has 4 rings (SSSR count). The molecule has 0 bridgehead atoms. The third kappa shape index (κ3) is 3.35. The van der Waals surface area contributed by atoms with Crippen LogP contribution < -0.4 is 0 Å². The van der Waals surface area contributed by atoms with Crippen LogP contribution >= 0.6 is 11.3 Å². The molecule has 0 aliphatic carbocycles. The summed E-state index contributed by atoms with van der Waals surface area (Å²) in [5, 5.41) is 26.3. The Hall–Kier alpha value is -2.52. The Morgan fingerprint density at radius 3 is 2.57 bits per heavy atom. The van der Waals surface area contributed by atoms with E-state index in [0.29, 0.717) is 23.1 Å². The van der Waals surface area contributed by atoms with Gasteiger partial charge in [0, 0.05) is 18.6 Å². The smallest absolute Gasteiger partial charge is 0.269 e. The zero-order valence-electron chi connectivity index (χ0n) is 15.9. The average Bonchev–Trinajstić information content (AvgIpc) is 3.23. The fraction of sp³-hybridized carbons (Fsp3) is 0.474. The Kier molecular flexibility index (Phi) is 5.03. The van der Waals surface area contributed by atoms with Gasteiger partial charge >= 0.3 is 0 Å². The second-order valence-corrected chi connectivity index (χ2v) is 8.34. The number of nitro benzene ring substituents is 1. The highest BCUT2D eigenvalue weighted by Crippen LogP contribution is 2.41. The monoisotopic (exact) mass is 401 g/mol. The Bertz CT molecular complexity index is 989. The van der Waals surface area contributed by atoms with Gasteiger partial charge in [-0.15, -0.1) is 5.10 Å². The molecule has 1 N–H and O–H groups in total. The summed E-state index contributed by atoms with van der Waals surface area (Å²) in [5.41, 5.74) is 0.991. The van der Waals surface area contributed by atoms with Crippen molar-refractivity contribution in [3.05, 3.63) is 50.6 Å². The van der Waals surface area contributed by atoms with E-state index in [1.165, 1.54) is 28.0 Å². The molecule has 1 aliphatic heterocycles. The van der Waals surface area contributed by atoms with Crippen molar-refractivity contribution in [2.24, 2.45) is 5.92 Å². The second-order valence-electron chi connectivity index (χ2n) is 7.34. The molecule has 3 heterocycles. The number of hydrogen-bond donors (Lipinski definition) is 1. The van der Waals surface area contributed by atoms with Crippen molar-refractivity contribution in [1.29, 1.82) is 0 Å². The summed E-state index contributed by atoms with van der Waals surface area (Å²) in [4.78, 5) is 18.9. The molecule has 0 amide bonds. The highest BCUT2D eigenvalue weighted by Gasteiger charge is 2.31. The van der Waals surface area contributed by atoms with E-state index in [4.69, 9.17) is 0 Å². The van der Waals surface area contributed by atoms with Crippen molar-refractivity contribution in [2.75, 3.05) is 13.1 Å². The minimum Gasteiger partial charge on any atom is -0.492 e. The first-order valence-electron chi connectivity index (χ1n) is 9.53. The zero-order valence-corrected chi connectivity index (χ0v) is 16.7. The van der Waals surface area contributed by atoms with Gasteiger partial charge in [0.2, 0.25) is 10.8 Å². The molecule has 8 nitrogen and oxygen atoms in total. The summed E-state index contributed by atoms with van der Waals surface area (Å²) in [6.07, 6.45) is 2.88. The molecule has 0 spiro atoms. The highest BCUT2D eigenvalue weighted by atomic mass is 32.1. The summed E-state index contributed by atoms with van der Waals surface area (Å²) >= 11 is 1.43. The second kappa shape index (κ2) is 7.48. The van der Waals surface area contributed by atoms with Crippen molar-refractivity contribution in [2.45, 2.75) is 39.2 Å². The lowest BCUT2D eigenvalue weighted by Crippen LogP contribution is -2.36. The molecule has 148 valence electrons. The van der Waals surface area contributed by atoms with E-state index in [1.54, 1.807) is 12.1 Å². The van der Waals surface area contributed by atoms with E-state index >= 15 is 0 Å². The number of fused-ring (bicyclic) bond motifs is 1. The maximum absolute atomic E-state index is 11.0. The van der Waals surface area contributed by atoms with Crippen molar-refractivity contribution in [3.8, 4) is 5.88 Å². The van der Waals surface area contributed by atoms with Gasteiger partial charge in [-0.05, 0) is 37.4 Å². The molecule has 1 atom stereocenters. The van der Waals surface area contributed by atoms with Crippen molar-refractivity contribution in [1.82, 2.24) is 19.5 Å². The van der Waals surface area contributed by atoms with Gasteiger partial charge in [0.15, 0.2) is 5.82 Å². The highest BCUT2D eigenvalue weighted by molar-refractivity contribution is 7.17. The van der Waals surface area contributed by atoms with Crippen LogP contribution in [0, 0.1) is 16.0 Å². The standard InChI is InChI=1S/C19H23N5O3S/c1-3-15-20-19-23(21-15)18(25)17(28-19)16(22-10-8-12(2)9-11-22)13-4-6-14(7-5-13)24(26)27/h4-7,12,16,25H,3,8-11H2,1-2H3/t16-/m0/s1. The quantitative estimate of drug-likeness (QED) is 0.516. The number of rotatable bonds is 5. The first kappa shape index (κ1) is 18.8. The van der Waals surface area contributed by atoms with Crippen LogP contribution in [0.3, 0.4) is 0 Å². The number of benzene rings is 1. The van der Waals surface area contributed by atoms with Crippen molar-refractivity contribution >= 4 is 22.0 Å². The third-order valence-electron chi connectivity index (χ3n) is 5.41. The SMILES string of the molecule is CCc1nc2sc([C@H](c3ccc([N+](=O)[O-])cc3)N3CCC(C)CC3)c(O)n2n1. The number of aryl methyl sites for hydroxylation is 1. The zero-order chi connectivity index (χ0) is 19.8. The molecule has 0 unspecified atom stereocenters. The van der Waals surface area contributed by atoms with Crippen LogP contribution in [0.1, 0.15) is 49.0 Å². The van der Waals surface area contributed by atoms with Gasteiger partial charge in [-0.3, -0.25) is 15.0 Å². The molecular formula is C19H23N5O3S. The van der Waals surface area contributed by atoms with Gasteiger partial charge in [-0.2, -0.15) is 4.52 Å². The summed E-state index contributed by atoms with van der Waals surface area (Å²) in [6.45, 7) is 6.06. The van der Waals surface area contributed by atoms with Crippen molar-refractivity contribution in [3.63, 3.8) is 0 Å². The fourth-order valence-electron chi connectivity index (χ4n) is 3.71. The van der Waals surface area contributed by atoms with E-state index in [0.717, 1.165) is 36.4 Å². The lowest BCUT2D eigenvalue weighted by molar-refractivity contribution is -0.384. The maximum atomic E-state index is 11.0. The summed E-state index contributed by atoms with van der Waals surface area (Å²) in [5.74, 6) is 1.48. The average molecular weight is 401 g/mol. The van der Waals surface area contributed by atoms with Gasteiger partial charge in [-0.1, -0.05) is 37.3 Å². The summed E-state index contributed by atoms with van der Waals surface area (Å²) in [7, 11) is 0.